The second-order valence-electron chi connectivity index (χ2n) is 3.31. The highest BCUT2D eigenvalue weighted by Crippen LogP contribution is 2.33. The molecule has 2 unspecified atom stereocenters. The van der Waals surface area contributed by atoms with Crippen LogP contribution in [0.3, 0.4) is 0 Å². The van der Waals surface area contributed by atoms with Crippen LogP contribution in [0.4, 0.5) is 4.39 Å². The van der Waals surface area contributed by atoms with Gasteiger partial charge in [0, 0.05) is 12.2 Å². The van der Waals surface area contributed by atoms with E-state index in [4.69, 9.17) is 28.3 Å². The van der Waals surface area contributed by atoms with E-state index in [0.29, 0.717) is 0 Å². The van der Waals surface area contributed by atoms with Crippen molar-refractivity contribution in [3.05, 3.63) is 33.6 Å². The van der Waals surface area contributed by atoms with Gasteiger partial charge in [-0.05, 0) is 18.6 Å². The van der Waals surface area contributed by atoms with Crippen molar-refractivity contribution < 1.29 is 19.7 Å². The fraction of sp³-hybridized carbons (Fsp3) is 0.400. The Morgan fingerprint density at radius 1 is 1.19 bits per heavy atom. The SMILES string of the molecule is OCCC(O)C(O)c1c(Cl)cc(F)cc1Cl. The van der Waals surface area contributed by atoms with Gasteiger partial charge in [-0.2, -0.15) is 0 Å². The van der Waals surface area contributed by atoms with E-state index in [9.17, 15) is 14.6 Å². The fourth-order valence-corrected chi connectivity index (χ4v) is 2.00. The van der Waals surface area contributed by atoms with E-state index in [1.807, 2.05) is 0 Å². The van der Waals surface area contributed by atoms with Gasteiger partial charge in [-0.1, -0.05) is 23.2 Å². The molecule has 1 aromatic carbocycles. The van der Waals surface area contributed by atoms with Crippen LogP contribution in [0.1, 0.15) is 18.1 Å². The molecule has 3 nitrogen and oxygen atoms in total. The quantitative estimate of drug-likeness (QED) is 0.782. The Morgan fingerprint density at radius 3 is 2.12 bits per heavy atom. The topological polar surface area (TPSA) is 60.7 Å². The first-order valence-electron chi connectivity index (χ1n) is 4.58. The highest BCUT2D eigenvalue weighted by molar-refractivity contribution is 6.36. The minimum absolute atomic E-state index is 0.0226. The molecule has 90 valence electrons. The van der Waals surface area contributed by atoms with E-state index >= 15 is 0 Å². The largest absolute Gasteiger partial charge is 0.396 e. The first kappa shape index (κ1) is 13.7. The summed E-state index contributed by atoms with van der Waals surface area (Å²) in [5, 5.41) is 27.7. The molecule has 0 spiro atoms. The summed E-state index contributed by atoms with van der Waals surface area (Å²) >= 11 is 11.4. The van der Waals surface area contributed by atoms with E-state index in [2.05, 4.69) is 0 Å². The summed E-state index contributed by atoms with van der Waals surface area (Å²) in [5.41, 5.74) is 0.0608. The zero-order valence-corrected chi connectivity index (χ0v) is 9.71. The molecule has 3 N–H and O–H groups in total. The Labute approximate surface area is 102 Å². The normalized spacial score (nSPS) is 14.9. The van der Waals surface area contributed by atoms with E-state index in [1.165, 1.54) is 0 Å². The van der Waals surface area contributed by atoms with Crippen molar-refractivity contribution in [3.8, 4) is 0 Å². The van der Waals surface area contributed by atoms with Crippen molar-refractivity contribution in [2.24, 2.45) is 0 Å². The number of hydrogen-bond donors (Lipinski definition) is 3. The molecule has 0 bridgehead atoms. The van der Waals surface area contributed by atoms with Crippen molar-refractivity contribution in [1.82, 2.24) is 0 Å². The van der Waals surface area contributed by atoms with Crippen LogP contribution in [0.15, 0.2) is 12.1 Å². The molecule has 2 atom stereocenters. The van der Waals surface area contributed by atoms with Crippen molar-refractivity contribution in [2.75, 3.05) is 6.61 Å². The number of hydrogen-bond acceptors (Lipinski definition) is 3. The van der Waals surface area contributed by atoms with Gasteiger partial charge in [0.25, 0.3) is 0 Å². The van der Waals surface area contributed by atoms with Crippen LogP contribution >= 0.6 is 23.2 Å². The molecule has 1 rings (SSSR count). The monoisotopic (exact) mass is 268 g/mol. The molecule has 6 heteroatoms. The third-order valence-electron chi connectivity index (χ3n) is 2.13. The van der Waals surface area contributed by atoms with Crippen LogP contribution in [0.5, 0.6) is 0 Å². The molecule has 0 radical (unpaired) electrons. The first-order valence-corrected chi connectivity index (χ1v) is 5.34. The van der Waals surface area contributed by atoms with E-state index < -0.39 is 18.0 Å². The number of rotatable bonds is 4. The van der Waals surface area contributed by atoms with E-state index in [1.54, 1.807) is 0 Å². The molecule has 1 aromatic rings. The molecule has 0 aliphatic rings. The molecule has 0 saturated heterocycles. The second kappa shape index (κ2) is 5.80. The minimum atomic E-state index is -1.35. The van der Waals surface area contributed by atoms with Crippen LogP contribution in [-0.2, 0) is 0 Å². The molecule has 0 aromatic heterocycles. The van der Waals surface area contributed by atoms with Crippen LogP contribution in [-0.4, -0.2) is 28.0 Å². The number of aliphatic hydroxyl groups excluding tert-OH is 3. The molecule has 16 heavy (non-hydrogen) atoms. The molecule has 0 aliphatic heterocycles. The van der Waals surface area contributed by atoms with Gasteiger partial charge < -0.3 is 15.3 Å². The Morgan fingerprint density at radius 2 is 1.69 bits per heavy atom. The fourth-order valence-electron chi connectivity index (χ4n) is 1.32. The zero-order valence-electron chi connectivity index (χ0n) is 8.20. The van der Waals surface area contributed by atoms with E-state index in [-0.39, 0.29) is 28.6 Å². The highest BCUT2D eigenvalue weighted by atomic mass is 35.5. The molecule has 0 fully saturated rings. The average molecular weight is 269 g/mol. The smallest absolute Gasteiger partial charge is 0.126 e. The molecular weight excluding hydrogens is 258 g/mol. The predicted molar refractivity (Wildman–Crippen MR) is 59.1 cm³/mol. The summed E-state index contributed by atoms with van der Waals surface area (Å²) in [4.78, 5) is 0. The Bertz CT molecular complexity index is 350. The van der Waals surface area contributed by atoms with Gasteiger partial charge in [-0.3, -0.25) is 0 Å². The van der Waals surface area contributed by atoms with Crippen LogP contribution < -0.4 is 0 Å². The molecule has 0 amide bonds. The van der Waals surface area contributed by atoms with Crippen LogP contribution in [0, 0.1) is 5.82 Å². The lowest BCUT2D eigenvalue weighted by Crippen LogP contribution is -2.20. The summed E-state index contributed by atoms with van der Waals surface area (Å²) in [6.45, 7) is -0.283. The zero-order chi connectivity index (χ0) is 12.3. The summed E-state index contributed by atoms with van der Waals surface area (Å²) < 4.78 is 12.9. The van der Waals surface area contributed by atoms with Crippen molar-refractivity contribution >= 4 is 23.2 Å². The van der Waals surface area contributed by atoms with Crippen molar-refractivity contribution in [1.29, 1.82) is 0 Å². The maximum absolute atomic E-state index is 12.9. The number of halogens is 3. The second-order valence-corrected chi connectivity index (χ2v) is 4.12. The Hall–Kier alpha value is -0.390. The van der Waals surface area contributed by atoms with Gasteiger partial charge in [0.2, 0.25) is 0 Å². The van der Waals surface area contributed by atoms with E-state index in [0.717, 1.165) is 12.1 Å². The molecule has 0 aliphatic carbocycles. The predicted octanol–water partition coefficient (Wildman–Crippen LogP) is 1.91. The molecule has 0 saturated carbocycles. The van der Waals surface area contributed by atoms with Crippen LogP contribution in [0.25, 0.3) is 0 Å². The lowest BCUT2D eigenvalue weighted by Gasteiger charge is -2.19. The lowest BCUT2D eigenvalue weighted by atomic mass is 10.0. The van der Waals surface area contributed by atoms with Crippen molar-refractivity contribution in [2.45, 2.75) is 18.6 Å². The maximum Gasteiger partial charge on any atom is 0.126 e. The first-order chi connectivity index (χ1) is 7.47. The third kappa shape index (κ3) is 3.06. The third-order valence-corrected chi connectivity index (χ3v) is 2.75. The summed E-state index contributed by atoms with van der Waals surface area (Å²) in [6.07, 6.45) is -2.58. The average Bonchev–Trinajstić information content (AvgIpc) is 2.16. The van der Waals surface area contributed by atoms with Gasteiger partial charge in [0.05, 0.1) is 16.1 Å². The van der Waals surface area contributed by atoms with Gasteiger partial charge in [0.15, 0.2) is 0 Å². The van der Waals surface area contributed by atoms with Crippen molar-refractivity contribution in [3.63, 3.8) is 0 Å². The standard InChI is InChI=1S/C10H11Cl2FO3/c11-6-3-5(13)4-7(12)9(6)10(16)8(15)1-2-14/h3-4,8,10,14-16H,1-2H2. The maximum atomic E-state index is 12.9. The Kier molecular flexibility index (Phi) is 4.95. The van der Waals surface area contributed by atoms with Gasteiger partial charge >= 0.3 is 0 Å². The number of benzene rings is 1. The van der Waals surface area contributed by atoms with Gasteiger partial charge in [-0.25, -0.2) is 4.39 Å². The number of aliphatic hydroxyl groups is 3. The minimum Gasteiger partial charge on any atom is -0.396 e. The van der Waals surface area contributed by atoms with Crippen LogP contribution in [0.2, 0.25) is 10.0 Å². The molecule has 0 heterocycles. The van der Waals surface area contributed by atoms with Gasteiger partial charge in [-0.15, -0.1) is 0 Å². The Balaban J connectivity index is 3.03. The summed E-state index contributed by atoms with van der Waals surface area (Å²) in [7, 11) is 0. The highest BCUT2D eigenvalue weighted by Gasteiger charge is 2.23. The summed E-state index contributed by atoms with van der Waals surface area (Å²) in [6, 6.07) is 2.00. The molecular formula is C10H11Cl2FO3. The lowest BCUT2D eigenvalue weighted by molar-refractivity contribution is 0.00428. The van der Waals surface area contributed by atoms with Gasteiger partial charge in [0.1, 0.15) is 11.9 Å². The summed E-state index contributed by atoms with van der Waals surface area (Å²) in [5.74, 6) is -0.623.